The van der Waals surface area contributed by atoms with Crippen molar-refractivity contribution >= 4 is 23.2 Å². The Morgan fingerprint density at radius 1 is 1.18 bits per heavy atom. The van der Waals surface area contributed by atoms with E-state index in [0.717, 1.165) is 24.3 Å². The Kier molecular flexibility index (Phi) is 3.34. The summed E-state index contributed by atoms with van der Waals surface area (Å²) in [6.45, 7) is 1.21. The third-order valence-electron chi connectivity index (χ3n) is 4.29. The fourth-order valence-electron chi connectivity index (χ4n) is 3.32. The van der Waals surface area contributed by atoms with Gasteiger partial charge in [-0.15, -0.1) is 0 Å². The second-order valence-corrected chi connectivity index (χ2v) is 6.21. The van der Waals surface area contributed by atoms with Gasteiger partial charge in [0.05, 0.1) is 10.0 Å². The van der Waals surface area contributed by atoms with Crippen molar-refractivity contribution in [2.75, 3.05) is 6.54 Å². The molecule has 0 radical (unpaired) electrons. The highest BCUT2D eigenvalue weighted by Crippen LogP contribution is 2.36. The molecular formula is C14H17Cl2N. The van der Waals surface area contributed by atoms with E-state index in [1.165, 1.54) is 31.4 Å². The largest absolute Gasteiger partial charge is 0.314 e. The first-order valence-corrected chi connectivity index (χ1v) is 7.15. The van der Waals surface area contributed by atoms with Gasteiger partial charge in [0.15, 0.2) is 0 Å². The molecule has 3 heteroatoms. The van der Waals surface area contributed by atoms with E-state index in [1.54, 1.807) is 0 Å². The first-order valence-electron chi connectivity index (χ1n) is 6.39. The van der Waals surface area contributed by atoms with Crippen LogP contribution in [-0.2, 0) is 6.42 Å². The summed E-state index contributed by atoms with van der Waals surface area (Å²) >= 11 is 12.0. The molecule has 4 rings (SSSR count). The number of halogens is 2. The van der Waals surface area contributed by atoms with Gasteiger partial charge in [-0.25, -0.2) is 0 Å². The molecule has 3 atom stereocenters. The minimum absolute atomic E-state index is 0.655. The molecule has 1 aromatic rings. The standard InChI is InChI=1S/C14H17Cl2N/c15-13-4-1-9(6-14(13)16)5-11-7-12-3-2-10(11)8-17-12/h1,4,6,10-12,17H,2-3,5,7-8H2/t10-,11-,12+/m0/s1. The van der Waals surface area contributed by atoms with E-state index in [1.807, 2.05) is 12.1 Å². The van der Waals surface area contributed by atoms with E-state index in [-0.39, 0.29) is 0 Å². The van der Waals surface area contributed by atoms with Crippen molar-refractivity contribution in [1.82, 2.24) is 5.32 Å². The number of fused-ring (bicyclic) bond motifs is 3. The lowest BCUT2D eigenvalue weighted by molar-refractivity contribution is 0.132. The predicted molar refractivity (Wildman–Crippen MR) is 72.8 cm³/mol. The number of nitrogens with one attached hydrogen (secondary N) is 1. The molecule has 1 N–H and O–H groups in total. The van der Waals surface area contributed by atoms with Gasteiger partial charge in [0.1, 0.15) is 0 Å². The number of piperidine rings is 2. The molecule has 1 aliphatic carbocycles. The van der Waals surface area contributed by atoms with Crippen LogP contribution in [0.4, 0.5) is 0 Å². The summed E-state index contributed by atoms with van der Waals surface area (Å²) in [6, 6.07) is 6.81. The number of benzene rings is 1. The molecule has 2 bridgehead atoms. The molecule has 3 aliphatic rings. The van der Waals surface area contributed by atoms with Crippen LogP contribution in [-0.4, -0.2) is 12.6 Å². The van der Waals surface area contributed by atoms with Crippen molar-refractivity contribution in [3.8, 4) is 0 Å². The van der Waals surface area contributed by atoms with Gasteiger partial charge in [0, 0.05) is 6.04 Å². The monoisotopic (exact) mass is 269 g/mol. The maximum absolute atomic E-state index is 6.07. The minimum atomic E-state index is 0.655. The number of hydrogen-bond acceptors (Lipinski definition) is 1. The van der Waals surface area contributed by atoms with Gasteiger partial charge in [0.2, 0.25) is 0 Å². The van der Waals surface area contributed by atoms with Crippen molar-refractivity contribution in [2.45, 2.75) is 31.7 Å². The summed E-state index contributed by atoms with van der Waals surface area (Å²) in [5, 5.41) is 4.95. The van der Waals surface area contributed by atoms with Crippen molar-refractivity contribution in [2.24, 2.45) is 11.8 Å². The Labute approximate surface area is 112 Å². The van der Waals surface area contributed by atoms with Crippen LogP contribution in [0, 0.1) is 11.8 Å². The molecule has 0 unspecified atom stereocenters. The van der Waals surface area contributed by atoms with E-state index >= 15 is 0 Å². The third-order valence-corrected chi connectivity index (χ3v) is 5.03. The number of hydrogen-bond donors (Lipinski definition) is 1. The Balaban J connectivity index is 1.72. The van der Waals surface area contributed by atoms with E-state index in [4.69, 9.17) is 23.2 Å². The van der Waals surface area contributed by atoms with Crippen molar-refractivity contribution in [3.63, 3.8) is 0 Å². The van der Waals surface area contributed by atoms with Crippen molar-refractivity contribution in [3.05, 3.63) is 33.8 Å². The molecule has 1 nitrogen and oxygen atoms in total. The SMILES string of the molecule is Clc1ccc(C[C@H]2C[C@H]3CC[C@H]2CN3)cc1Cl. The zero-order valence-corrected chi connectivity index (χ0v) is 11.3. The van der Waals surface area contributed by atoms with E-state index in [9.17, 15) is 0 Å². The van der Waals surface area contributed by atoms with Gasteiger partial charge in [0.25, 0.3) is 0 Å². The molecule has 17 heavy (non-hydrogen) atoms. The Morgan fingerprint density at radius 3 is 2.65 bits per heavy atom. The maximum atomic E-state index is 6.07. The van der Waals surface area contributed by atoms with Crippen molar-refractivity contribution < 1.29 is 0 Å². The van der Waals surface area contributed by atoms with Crippen LogP contribution >= 0.6 is 23.2 Å². The molecule has 2 saturated heterocycles. The molecule has 1 aromatic carbocycles. The van der Waals surface area contributed by atoms with Crippen LogP contribution in [0.25, 0.3) is 0 Å². The van der Waals surface area contributed by atoms with Gasteiger partial charge in [-0.05, 0) is 61.8 Å². The lowest BCUT2D eigenvalue weighted by atomic mass is 9.71. The summed E-state index contributed by atoms with van der Waals surface area (Å²) < 4.78 is 0. The second-order valence-electron chi connectivity index (χ2n) is 5.39. The summed E-state index contributed by atoms with van der Waals surface area (Å²) in [6.07, 6.45) is 5.23. The highest BCUT2D eigenvalue weighted by atomic mass is 35.5. The van der Waals surface area contributed by atoms with Gasteiger partial charge >= 0.3 is 0 Å². The van der Waals surface area contributed by atoms with Gasteiger partial charge in [-0.1, -0.05) is 29.3 Å². The third kappa shape index (κ3) is 2.47. The van der Waals surface area contributed by atoms with Gasteiger partial charge < -0.3 is 5.32 Å². The first kappa shape index (κ1) is 11.8. The minimum Gasteiger partial charge on any atom is -0.314 e. The molecule has 0 spiro atoms. The lowest BCUT2D eigenvalue weighted by Crippen LogP contribution is -2.49. The fourth-order valence-corrected chi connectivity index (χ4v) is 3.64. The first-order chi connectivity index (χ1) is 8.22. The lowest BCUT2D eigenvalue weighted by Gasteiger charge is -2.43. The average Bonchev–Trinajstić information content (AvgIpc) is 2.35. The Hall–Kier alpha value is -0.240. The van der Waals surface area contributed by atoms with Crippen LogP contribution in [0.5, 0.6) is 0 Å². The molecule has 1 saturated carbocycles. The molecule has 2 heterocycles. The zero-order chi connectivity index (χ0) is 11.8. The highest BCUT2D eigenvalue weighted by molar-refractivity contribution is 6.42. The van der Waals surface area contributed by atoms with E-state index in [2.05, 4.69) is 11.4 Å². The summed E-state index contributed by atoms with van der Waals surface area (Å²) in [7, 11) is 0. The summed E-state index contributed by atoms with van der Waals surface area (Å²) in [5.41, 5.74) is 1.33. The highest BCUT2D eigenvalue weighted by Gasteiger charge is 2.34. The summed E-state index contributed by atoms with van der Waals surface area (Å²) in [5.74, 6) is 1.68. The predicted octanol–water partition coefficient (Wildman–Crippen LogP) is 3.92. The quantitative estimate of drug-likeness (QED) is 0.858. The van der Waals surface area contributed by atoms with Gasteiger partial charge in [-0.3, -0.25) is 0 Å². The summed E-state index contributed by atoms with van der Waals surface area (Å²) in [4.78, 5) is 0. The molecule has 3 fully saturated rings. The Morgan fingerprint density at radius 2 is 2.06 bits per heavy atom. The smallest absolute Gasteiger partial charge is 0.0595 e. The molecule has 2 aliphatic heterocycles. The molecule has 92 valence electrons. The van der Waals surface area contributed by atoms with Crippen molar-refractivity contribution in [1.29, 1.82) is 0 Å². The van der Waals surface area contributed by atoms with Crippen LogP contribution in [0.1, 0.15) is 24.8 Å². The average molecular weight is 270 g/mol. The zero-order valence-electron chi connectivity index (χ0n) is 9.76. The molecule has 0 amide bonds. The van der Waals surface area contributed by atoms with Gasteiger partial charge in [-0.2, -0.15) is 0 Å². The van der Waals surface area contributed by atoms with Crippen LogP contribution in [0.3, 0.4) is 0 Å². The maximum Gasteiger partial charge on any atom is 0.0595 e. The van der Waals surface area contributed by atoms with Crippen LogP contribution < -0.4 is 5.32 Å². The Bertz CT molecular complexity index is 411. The molecule has 0 aromatic heterocycles. The van der Waals surface area contributed by atoms with E-state index in [0.29, 0.717) is 10.0 Å². The van der Waals surface area contributed by atoms with Crippen LogP contribution in [0.15, 0.2) is 18.2 Å². The van der Waals surface area contributed by atoms with E-state index < -0.39 is 0 Å². The fraction of sp³-hybridized carbons (Fsp3) is 0.571. The topological polar surface area (TPSA) is 12.0 Å². The second kappa shape index (κ2) is 4.79. The molecular weight excluding hydrogens is 253 g/mol. The number of rotatable bonds is 2. The normalized spacial score (nSPS) is 31.8. The van der Waals surface area contributed by atoms with Crippen LogP contribution in [0.2, 0.25) is 10.0 Å².